The van der Waals surface area contributed by atoms with Crippen LogP contribution in [0.25, 0.3) is 21.9 Å². The van der Waals surface area contributed by atoms with Gasteiger partial charge in [0, 0.05) is 12.8 Å². The highest BCUT2D eigenvalue weighted by atomic mass is 35.5. The van der Waals surface area contributed by atoms with Crippen LogP contribution in [0.1, 0.15) is 18.6 Å². The summed E-state index contributed by atoms with van der Waals surface area (Å²) in [5, 5.41) is 9.84. The van der Waals surface area contributed by atoms with Gasteiger partial charge in [-0.1, -0.05) is 23.7 Å². The van der Waals surface area contributed by atoms with E-state index in [-0.39, 0.29) is 10.4 Å². The number of nitrogens with zero attached hydrogens (tertiary/aromatic N) is 1. The van der Waals surface area contributed by atoms with Crippen LogP contribution in [-0.2, 0) is 6.42 Å². The molecule has 0 aliphatic rings. The van der Waals surface area contributed by atoms with E-state index >= 15 is 0 Å². The number of para-hydroxylation sites is 1. The average molecular weight is 288 g/mol. The standard InChI is InChI=1S/C15H10ClNO3/c16-13-11(7-3-4-8-17)19-14-9-5-1-2-6-10(9)20-15(18)12(13)14/h1-2,5-6H,3-4,7H2. The van der Waals surface area contributed by atoms with Gasteiger partial charge in [0.05, 0.1) is 16.5 Å². The molecular formula is C15H10ClNO3. The summed E-state index contributed by atoms with van der Waals surface area (Å²) in [7, 11) is 0. The van der Waals surface area contributed by atoms with Crippen LogP contribution in [0.2, 0.25) is 5.02 Å². The zero-order valence-corrected chi connectivity index (χ0v) is 11.2. The predicted molar refractivity (Wildman–Crippen MR) is 75.8 cm³/mol. The first-order chi connectivity index (χ1) is 9.72. The summed E-state index contributed by atoms with van der Waals surface area (Å²) in [4.78, 5) is 12.0. The number of furan rings is 1. The Hall–Kier alpha value is -2.25. The van der Waals surface area contributed by atoms with Gasteiger partial charge in [-0.25, -0.2) is 4.79 Å². The Morgan fingerprint density at radius 3 is 2.85 bits per heavy atom. The Morgan fingerprint density at radius 2 is 2.05 bits per heavy atom. The van der Waals surface area contributed by atoms with E-state index in [1.54, 1.807) is 12.1 Å². The minimum atomic E-state index is -0.501. The lowest BCUT2D eigenvalue weighted by atomic mass is 10.2. The van der Waals surface area contributed by atoms with Crippen molar-refractivity contribution < 1.29 is 8.83 Å². The maximum absolute atomic E-state index is 12.0. The van der Waals surface area contributed by atoms with Crippen LogP contribution < -0.4 is 5.63 Å². The van der Waals surface area contributed by atoms with Gasteiger partial charge in [-0.2, -0.15) is 5.26 Å². The van der Waals surface area contributed by atoms with Crippen molar-refractivity contribution in [2.75, 3.05) is 0 Å². The molecule has 2 heterocycles. The minimum Gasteiger partial charge on any atom is -0.458 e. The molecule has 100 valence electrons. The van der Waals surface area contributed by atoms with Crippen molar-refractivity contribution in [3.05, 3.63) is 45.5 Å². The fourth-order valence-corrected chi connectivity index (χ4v) is 2.51. The van der Waals surface area contributed by atoms with Crippen molar-refractivity contribution in [3.63, 3.8) is 0 Å². The van der Waals surface area contributed by atoms with Crippen LogP contribution in [-0.4, -0.2) is 0 Å². The topological polar surface area (TPSA) is 67.1 Å². The van der Waals surface area contributed by atoms with E-state index in [0.717, 1.165) is 5.39 Å². The molecule has 3 aromatic rings. The summed E-state index contributed by atoms with van der Waals surface area (Å²) < 4.78 is 11.0. The number of unbranched alkanes of at least 4 members (excludes halogenated alkanes) is 1. The van der Waals surface area contributed by atoms with Crippen molar-refractivity contribution in [1.29, 1.82) is 5.26 Å². The second kappa shape index (κ2) is 5.03. The van der Waals surface area contributed by atoms with Crippen LogP contribution in [0.5, 0.6) is 0 Å². The van der Waals surface area contributed by atoms with Gasteiger partial charge in [-0.3, -0.25) is 0 Å². The van der Waals surface area contributed by atoms with E-state index in [4.69, 9.17) is 25.7 Å². The highest BCUT2D eigenvalue weighted by molar-refractivity contribution is 6.36. The monoisotopic (exact) mass is 287 g/mol. The molecule has 0 radical (unpaired) electrons. The third-order valence-corrected chi connectivity index (χ3v) is 3.55. The third kappa shape index (κ3) is 1.97. The molecule has 4 nitrogen and oxygen atoms in total. The molecule has 0 aliphatic carbocycles. The molecule has 0 N–H and O–H groups in total. The fraction of sp³-hybridized carbons (Fsp3) is 0.200. The van der Waals surface area contributed by atoms with Crippen molar-refractivity contribution in [3.8, 4) is 6.07 Å². The van der Waals surface area contributed by atoms with E-state index in [2.05, 4.69) is 6.07 Å². The Kier molecular flexibility index (Phi) is 3.21. The summed E-state index contributed by atoms with van der Waals surface area (Å²) in [5.41, 5.74) is 0.423. The van der Waals surface area contributed by atoms with Crippen LogP contribution in [0.4, 0.5) is 0 Å². The van der Waals surface area contributed by atoms with Crippen molar-refractivity contribution in [2.24, 2.45) is 0 Å². The van der Waals surface area contributed by atoms with Crippen molar-refractivity contribution in [2.45, 2.75) is 19.3 Å². The normalized spacial score (nSPS) is 11.0. The van der Waals surface area contributed by atoms with Gasteiger partial charge in [-0.15, -0.1) is 0 Å². The van der Waals surface area contributed by atoms with Crippen molar-refractivity contribution >= 4 is 33.5 Å². The number of rotatable bonds is 3. The summed E-state index contributed by atoms with van der Waals surface area (Å²) in [6.45, 7) is 0. The smallest absolute Gasteiger partial charge is 0.349 e. The zero-order valence-electron chi connectivity index (χ0n) is 10.5. The first kappa shape index (κ1) is 12.8. The Bertz CT molecular complexity index is 886. The lowest BCUT2D eigenvalue weighted by Gasteiger charge is -1.95. The number of aryl methyl sites for hydroxylation is 1. The number of fused-ring (bicyclic) bond motifs is 3. The summed E-state index contributed by atoms with van der Waals surface area (Å²) >= 11 is 6.21. The Labute approximate surface area is 119 Å². The summed E-state index contributed by atoms with van der Waals surface area (Å²) in [6, 6.07) is 9.22. The third-order valence-electron chi connectivity index (χ3n) is 3.15. The van der Waals surface area contributed by atoms with E-state index in [9.17, 15) is 4.79 Å². The maximum atomic E-state index is 12.0. The largest absolute Gasteiger partial charge is 0.458 e. The van der Waals surface area contributed by atoms with E-state index < -0.39 is 5.63 Å². The van der Waals surface area contributed by atoms with Gasteiger partial charge < -0.3 is 8.83 Å². The molecule has 2 aromatic heterocycles. The van der Waals surface area contributed by atoms with Crippen LogP contribution in [0.15, 0.2) is 37.9 Å². The van der Waals surface area contributed by atoms with Gasteiger partial charge in [0.2, 0.25) is 0 Å². The van der Waals surface area contributed by atoms with E-state index in [1.165, 1.54) is 0 Å². The molecule has 5 heteroatoms. The van der Waals surface area contributed by atoms with Crippen LogP contribution in [0.3, 0.4) is 0 Å². The zero-order chi connectivity index (χ0) is 14.1. The number of nitriles is 1. The molecule has 1 aromatic carbocycles. The minimum absolute atomic E-state index is 0.275. The second-order valence-corrected chi connectivity index (χ2v) is 4.82. The SMILES string of the molecule is N#CCCCc1oc2c(c1Cl)c(=O)oc1ccccc12. The second-order valence-electron chi connectivity index (χ2n) is 4.44. The lowest BCUT2D eigenvalue weighted by Crippen LogP contribution is -1.98. The Morgan fingerprint density at radius 1 is 1.25 bits per heavy atom. The van der Waals surface area contributed by atoms with E-state index in [0.29, 0.717) is 36.2 Å². The van der Waals surface area contributed by atoms with Gasteiger partial charge in [0.1, 0.15) is 16.7 Å². The fourth-order valence-electron chi connectivity index (χ4n) is 2.21. The quantitative estimate of drug-likeness (QED) is 0.538. The molecule has 0 bridgehead atoms. The molecule has 20 heavy (non-hydrogen) atoms. The number of halogens is 1. The molecule has 0 fully saturated rings. The predicted octanol–water partition coefficient (Wildman–Crippen LogP) is 4.04. The number of benzene rings is 1. The first-order valence-corrected chi connectivity index (χ1v) is 6.60. The Balaban J connectivity index is 2.24. The number of hydrogen-bond donors (Lipinski definition) is 0. The molecule has 0 atom stereocenters. The maximum Gasteiger partial charge on any atom is 0.349 e. The molecule has 3 rings (SSSR count). The molecular weight excluding hydrogens is 278 g/mol. The molecule has 0 unspecified atom stereocenters. The molecule has 0 saturated carbocycles. The van der Waals surface area contributed by atoms with Gasteiger partial charge in [-0.05, 0) is 18.6 Å². The first-order valence-electron chi connectivity index (χ1n) is 6.22. The average Bonchev–Trinajstić information content (AvgIpc) is 2.78. The number of hydrogen-bond acceptors (Lipinski definition) is 4. The lowest BCUT2D eigenvalue weighted by molar-refractivity contribution is 0.537. The molecule has 0 spiro atoms. The van der Waals surface area contributed by atoms with Gasteiger partial charge in [0.15, 0.2) is 5.58 Å². The van der Waals surface area contributed by atoms with Crippen LogP contribution >= 0.6 is 11.6 Å². The van der Waals surface area contributed by atoms with Gasteiger partial charge >= 0.3 is 5.63 Å². The highest BCUT2D eigenvalue weighted by Crippen LogP contribution is 2.33. The molecule has 0 aliphatic heterocycles. The van der Waals surface area contributed by atoms with E-state index in [1.807, 2.05) is 12.1 Å². The molecule has 0 amide bonds. The van der Waals surface area contributed by atoms with Crippen LogP contribution in [0, 0.1) is 11.3 Å². The van der Waals surface area contributed by atoms with Gasteiger partial charge in [0.25, 0.3) is 0 Å². The summed E-state index contributed by atoms with van der Waals surface area (Å²) in [5.74, 6) is 0.528. The highest BCUT2D eigenvalue weighted by Gasteiger charge is 2.19. The molecule has 0 saturated heterocycles. The van der Waals surface area contributed by atoms with Crippen molar-refractivity contribution in [1.82, 2.24) is 0 Å². The summed E-state index contributed by atoms with van der Waals surface area (Å²) in [6.07, 6.45) is 1.58.